The fourth-order valence-electron chi connectivity index (χ4n) is 3.40. The summed E-state index contributed by atoms with van der Waals surface area (Å²) in [6.45, 7) is 6.41. The molecule has 0 saturated carbocycles. The van der Waals surface area contributed by atoms with Gasteiger partial charge in [0.25, 0.3) is 0 Å². The molecule has 0 amide bonds. The fraction of sp³-hybridized carbons (Fsp3) is 0.474. The smallest absolute Gasteiger partial charge is 0.125 e. The molecule has 0 aliphatic carbocycles. The van der Waals surface area contributed by atoms with Gasteiger partial charge in [0.15, 0.2) is 0 Å². The van der Waals surface area contributed by atoms with E-state index in [1.54, 1.807) is 0 Å². The Labute approximate surface area is 143 Å². The lowest BCUT2D eigenvalue weighted by atomic mass is 10.1. The molecule has 1 saturated heterocycles. The normalized spacial score (nSPS) is 18.0. The van der Waals surface area contributed by atoms with Gasteiger partial charge in [-0.1, -0.05) is 6.07 Å². The zero-order valence-electron chi connectivity index (χ0n) is 14.4. The van der Waals surface area contributed by atoms with Gasteiger partial charge in [-0.3, -0.25) is 4.90 Å². The van der Waals surface area contributed by atoms with Crippen LogP contribution in [0.15, 0.2) is 30.5 Å². The lowest BCUT2D eigenvalue weighted by Crippen LogP contribution is -2.23. The highest BCUT2D eigenvalue weighted by Crippen LogP contribution is 2.32. The third kappa shape index (κ3) is 3.74. The highest BCUT2D eigenvalue weighted by atomic mass is 16.5. The molecule has 1 aromatic carbocycles. The number of benzene rings is 1. The third-order valence-electron chi connectivity index (χ3n) is 4.48. The lowest BCUT2D eigenvalue weighted by Gasteiger charge is -2.24. The van der Waals surface area contributed by atoms with Crippen molar-refractivity contribution in [1.29, 1.82) is 0 Å². The van der Waals surface area contributed by atoms with E-state index in [1.165, 1.54) is 12.0 Å². The average molecular weight is 327 g/mol. The summed E-state index contributed by atoms with van der Waals surface area (Å²) in [6.07, 6.45) is 4.15. The molecular formula is C19H25N3O2. The third-order valence-corrected chi connectivity index (χ3v) is 4.48. The van der Waals surface area contributed by atoms with E-state index in [4.69, 9.17) is 4.74 Å². The van der Waals surface area contributed by atoms with Gasteiger partial charge in [-0.15, -0.1) is 0 Å². The Morgan fingerprint density at radius 1 is 1.33 bits per heavy atom. The Bertz CT molecular complexity index is 690. The number of hydrogen-bond donors (Lipinski definition) is 1. The fourth-order valence-corrected chi connectivity index (χ4v) is 3.40. The first kappa shape index (κ1) is 16.9. The van der Waals surface area contributed by atoms with Crippen molar-refractivity contribution in [2.45, 2.75) is 45.9 Å². The number of aliphatic hydroxyl groups is 1. The van der Waals surface area contributed by atoms with Gasteiger partial charge in [0.05, 0.1) is 24.9 Å². The molecule has 0 radical (unpaired) electrons. The standard InChI is InChI=1S/C19H25N3O2/c1-3-24-19-7-6-15(11-16(19)13-23)12-22-10-4-5-18(22)17-8-9-20-14(2)21-17/h6-9,11,18,23H,3-5,10,12-13H2,1-2H3. The van der Waals surface area contributed by atoms with Crippen LogP contribution in [0.25, 0.3) is 0 Å². The summed E-state index contributed by atoms with van der Waals surface area (Å²) in [5, 5.41) is 9.58. The molecule has 1 aromatic heterocycles. The molecule has 5 nitrogen and oxygen atoms in total. The van der Waals surface area contributed by atoms with Gasteiger partial charge in [-0.2, -0.15) is 0 Å². The number of hydrogen-bond acceptors (Lipinski definition) is 5. The molecule has 1 fully saturated rings. The molecule has 5 heteroatoms. The van der Waals surface area contributed by atoms with Crippen molar-refractivity contribution in [3.8, 4) is 5.75 Å². The number of rotatable bonds is 6. The number of likely N-dealkylation sites (tertiary alicyclic amines) is 1. The van der Waals surface area contributed by atoms with Crippen LogP contribution < -0.4 is 4.74 Å². The topological polar surface area (TPSA) is 58.5 Å². The first-order valence-corrected chi connectivity index (χ1v) is 8.60. The average Bonchev–Trinajstić information content (AvgIpc) is 3.04. The van der Waals surface area contributed by atoms with Crippen LogP contribution in [0.4, 0.5) is 0 Å². The Kier molecular flexibility index (Phi) is 5.43. The van der Waals surface area contributed by atoms with Gasteiger partial charge in [0.1, 0.15) is 11.6 Å². The molecule has 2 heterocycles. The van der Waals surface area contributed by atoms with E-state index in [0.717, 1.165) is 42.3 Å². The van der Waals surface area contributed by atoms with Gasteiger partial charge in [0.2, 0.25) is 0 Å². The number of nitrogens with zero attached hydrogens (tertiary/aromatic N) is 3. The zero-order valence-corrected chi connectivity index (χ0v) is 14.4. The Hall–Kier alpha value is -1.98. The number of aryl methyl sites for hydroxylation is 1. The maximum Gasteiger partial charge on any atom is 0.125 e. The summed E-state index contributed by atoms with van der Waals surface area (Å²) in [5.41, 5.74) is 3.15. The maximum atomic E-state index is 9.58. The minimum atomic E-state index is -0.00227. The van der Waals surface area contributed by atoms with Crippen molar-refractivity contribution in [2.75, 3.05) is 13.2 Å². The van der Waals surface area contributed by atoms with E-state index in [-0.39, 0.29) is 6.61 Å². The van der Waals surface area contributed by atoms with E-state index in [1.807, 2.05) is 38.2 Å². The van der Waals surface area contributed by atoms with Crippen LogP contribution in [-0.4, -0.2) is 33.1 Å². The monoisotopic (exact) mass is 327 g/mol. The molecule has 128 valence electrons. The molecule has 1 aliphatic heterocycles. The van der Waals surface area contributed by atoms with Crippen LogP contribution in [-0.2, 0) is 13.2 Å². The van der Waals surface area contributed by atoms with Crippen LogP contribution in [0, 0.1) is 6.92 Å². The molecule has 1 unspecified atom stereocenters. The van der Waals surface area contributed by atoms with E-state index in [0.29, 0.717) is 12.6 Å². The van der Waals surface area contributed by atoms with Crippen molar-refractivity contribution in [2.24, 2.45) is 0 Å². The van der Waals surface area contributed by atoms with Gasteiger partial charge in [-0.05, 0) is 57.0 Å². The Balaban J connectivity index is 1.77. The van der Waals surface area contributed by atoms with E-state index in [9.17, 15) is 5.11 Å². The predicted molar refractivity (Wildman–Crippen MR) is 92.7 cm³/mol. The second-order valence-corrected chi connectivity index (χ2v) is 6.19. The number of ether oxygens (including phenoxy) is 1. The van der Waals surface area contributed by atoms with Crippen LogP contribution in [0.3, 0.4) is 0 Å². The minimum absolute atomic E-state index is 0.00227. The quantitative estimate of drug-likeness (QED) is 0.884. The summed E-state index contributed by atoms with van der Waals surface area (Å²) in [4.78, 5) is 11.3. The predicted octanol–water partition coefficient (Wildman–Crippen LogP) is 3.01. The lowest BCUT2D eigenvalue weighted by molar-refractivity contribution is 0.242. The van der Waals surface area contributed by atoms with E-state index < -0.39 is 0 Å². The summed E-state index contributed by atoms with van der Waals surface area (Å²) < 4.78 is 5.57. The van der Waals surface area contributed by atoms with E-state index >= 15 is 0 Å². The molecule has 0 spiro atoms. The first-order chi connectivity index (χ1) is 11.7. The van der Waals surface area contributed by atoms with Crippen LogP contribution in [0.5, 0.6) is 5.75 Å². The maximum absolute atomic E-state index is 9.58. The molecule has 0 bridgehead atoms. The number of aliphatic hydroxyl groups excluding tert-OH is 1. The largest absolute Gasteiger partial charge is 0.494 e. The SMILES string of the molecule is CCOc1ccc(CN2CCCC2c2ccnc(C)n2)cc1CO. The van der Waals surface area contributed by atoms with Crippen LogP contribution in [0.1, 0.15) is 48.5 Å². The Morgan fingerprint density at radius 3 is 2.96 bits per heavy atom. The summed E-state index contributed by atoms with van der Waals surface area (Å²) >= 11 is 0. The Morgan fingerprint density at radius 2 is 2.21 bits per heavy atom. The van der Waals surface area contributed by atoms with Gasteiger partial charge in [0, 0.05) is 18.3 Å². The first-order valence-electron chi connectivity index (χ1n) is 8.60. The minimum Gasteiger partial charge on any atom is -0.494 e. The summed E-state index contributed by atoms with van der Waals surface area (Å²) in [7, 11) is 0. The van der Waals surface area contributed by atoms with Gasteiger partial charge >= 0.3 is 0 Å². The summed E-state index contributed by atoms with van der Waals surface area (Å²) in [6, 6.07) is 8.46. The van der Waals surface area contributed by atoms with Gasteiger partial charge < -0.3 is 9.84 Å². The van der Waals surface area contributed by atoms with Crippen molar-refractivity contribution >= 4 is 0 Å². The highest BCUT2D eigenvalue weighted by molar-refractivity contribution is 5.37. The second-order valence-electron chi connectivity index (χ2n) is 6.19. The number of aromatic nitrogens is 2. The molecule has 1 N–H and O–H groups in total. The summed E-state index contributed by atoms with van der Waals surface area (Å²) in [5.74, 6) is 1.59. The molecule has 24 heavy (non-hydrogen) atoms. The molecular weight excluding hydrogens is 302 g/mol. The van der Waals surface area contributed by atoms with Crippen LogP contribution in [0.2, 0.25) is 0 Å². The molecule has 2 aromatic rings. The zero-order chi connectivity index (χ0) is 16.9. The molecule has 1 atom stereocenters. The molecule has 3 rings (SSSR count). The molecule has 1 aliphatic rings. The van der Waals surface area contributed by atoms with Crippen molar-refractivity contribution in [3.05, 3.63) is 53.1 Å². The van der Waals surface area contributed by atoms with Crippen molar-refractivity contribution < 1.29 is 9.84 Å². The van der Waals surface area contributed by atoms with E-state index in [2.05, 4.69) is 20.9 Å². The van der Waals surface area contributed by atoms with Crippen molar-refractivity contribution in [1.82, 2.24) is 14.9 Å². The van der Waals surface area contributed by atoms with Crippen molar-refractivity contribution in [3.63, 3.8) is 0 Å². The second kappa shape index (κ2) is 7.73. The van der Waals surface area contributed by atoms with Crippen LogP contribution >= 0.6 is 0 Å². The highest BCUT2D eigenvalue weighted by Gasteiger charge is 2.27. The van der Waals surface area contributed by atoms with Gasteiger partial charge in [-0.25, -0.2) is 9.97 Å².